The van der Waals surface area contributed by atoms with Crippen LogP contribution in [-0.4, -0.2) is 19.1 Å². The summed E-state index contributed by atoms with van der Waals surface area (Å²) in [6.45, 7) is 0. The highest BCUT2D eigenvalue weighted by molar-refractivity contribution is 6.25. The Labute approximate surface area is 254 Å². The maximum Gasteiger partial charge on any atom is 0.147 e. The lowest BCUT2D eigenvalue weighted by Gasteiger charge is -2.14. The molecule has 0 spiro atoms. The number of aromatic nitrogens is 4. The molecule has 0 bridgehead atoms. The predicted molar refractivity (Wildman–Crippen MR) is 182 cm³/mol. The summed E-state index contributed by atoms with van der Waals surface area (Å²) >= 11 is 0. The molecule has 0 saturated carbocycles. The van der Waals surface area contributed by atoms with Gasteiger partial charge in [0.1, 0.15) is 5.65 Å². The van der Waals surface area contributed by atoms with E-state index in [1.807, 2.05) is 24.7 Å². The number of nitrogens with zero attached hydrogens (tertiary/aromatic N) is 4. The molecule has 206 valence electrons. The fourth-order valence-corrected chi connectivity index (χ4v) is 6.70. The minimum absolute atomic E-state index is 0.927. The van der Waals surface area contributed by atoms with Crippen LogP contribution in [0.5, 0.6) is 0 Å². The lowest BCUT2D eigenvalue weighted by molar-refractivity contribution is 1.13. The normalized spacial score (nSPS) is 11.6. The minimum Gasteiger partial charge on any atom is -0.307 e. The van der Waals surface area contributed by atoms with Crippen molar-refractivity contribution >= 4 is 43.7 Å². The highest BCUT2D eigenvalue weighted by atomic mass is 15.1. The van der Waals surface area contributed by atoms with Gasteiger partial charge in [0, 0.05) is 34.2 Å². The molecule has 4 heterocycles. The maximum atomic E-state index is 5.22. The molecule has 0 atom stereocenters. The topological polar surface area (TPSA) is 35.6 Å². The summed E-state index contributed by atoms with van der Waals surface area (Å²) in [6, 6.07) is 49.4. The Hall–Kier alpha value is -6.00. The van der Waals surface area contributed by atoms with Crippen molar-refractivity contribution in [3.05, 3.63) is 158 Å². The molecular formula is C40H26N4. The highest BCUT2D eigenvalue weighted by Gasteiger charge is 2.22. The van der Waals surface area contributed by atoms with Gasteiger partial charge < -0.3 is 4.57 Å². The van der Waals surface area contributed by atoms with Crippen molar-refractivity contribution in [2.24, 2.45) is 0 Å². The molecule has 9 rings (SSSR count). The van der Waals surface area contributed by atoms with Gasteiger partial charge in [-0.05, 0) is 64.7 Å². The van der Waals surface area contributed by atoms with Gasteiger partial charge in [-0.1, -0.05) is 97.1 Å². The van der Waals surface area contributed by atoms with Gasteiger partial charge in [0.25, 0.3) is 0 Å². The molecule has 0 saturated heterocycles. The van der Waals surface area contributed by atoms with Gasteiger partial charge in [0.05, 0.1) is 33.8 Å². The number of fused-ring (bicyclic) bond motifs is 7. The standard InChI is InChI=1S/C40H26N4/c1-3-12-27(13-4-1)29-22-30(28-14-5-2-6-15-28)24-32(23-29)44-37-20-10-8-18-34(37)38-39-35(26-42-40(38)44)33-17-7-9-19-36(33)43(39)31-16-11-21-41-25-31/h1-26H. The number of pyridine rings is 2. The van der Waals surface area contributed by atoms with Crippen LogP contribution in [-0.2, 0) is 0 Å². The van der Waals surface area contributed by atoms with Crippen LogP contribution in [0.2, 0.25) is 0 Å². The van der Waals surface area contributed by atoms with Crippen LogP contribution >= 0.6 is 0 Å². The molecule has 0 radical (unpaired) electrons. The summed E-state index contributed by atoms with van der Waals surface area (Å²) in [7, 11) is 0. The Morgan fingerprint density at radius 2 is 1.05 bits per heavy atom. The Kier molecular flexibility index (Phi) is 5.47. The average molecular weight is 563 g/mol. The summed E-state index contributed by atoms with van der Waals surface area (Å²) in [5, 5.41) is 4.60. The Morgan fingerprint density at radius 3 is 1.70 bits per heavy atom. The van der Waals surface area contributed by atoms with Crippen molar-refractivity contribution in [1.82, 2.24) is 19.1 Å². The molecule has 5 aromatic carbocycles. The van der Waals surface area contributed by atoms with E-state index in [9.17, 15) is 0 Å². The monoisotopic (exact) mass is 562 g/mol. The molecule has 0 fully saturated rings. The molecule has 44 heavy (non-hydrogen) atoms. The first-order valence-electron chi connectivity index (χ1n) is 14.8. The number of benzene rings is 5. The second-order valence-electron chi connectivity index (χ2n) is 11.1. The number of rotatable bonds is 4. The summed E-state index contributed by atoms with van der Waals surface area (Å²) in [5.74, 6) is 0. The molecule has 0 N–H and O–H groups in total. The second-order valence-corrected chi connectivity index (χ2v) is 11.1. The SMILES string of the molecule is c1ccc(-c2cc(-c3ccccc3)cc(-n3c4ccccc4c4c3ncc3c5ccccc5n(-c5cccnc5)c34)c2)cc1. The van der Waals surface area contributed by atoms with Crippen LogP contribution < -0.4 is 0 Å². The molecule has 4 heteroatoms. The largest absolute Gasteiger partial charge is 0.307 e. The van der Waals surface area contributed by atoms with Gasteiger partial charge >= 0.3 is 0 Å². The van der Waals surface area contributed by atoms with Crippen LogP contribution in [0.1, 0.15) is 0 Å². The van der Waals surface area contributed by atoms with Crippen molar-refractivity contribution in [1.29, 1.82) is 0 Å². The summed E-state index contributed by atoms with van der Waals surface area (Å²) in [5.41, 5.74) is 11.1. The van der Waals surface area contributed by atoms with Crippen molar-refractivity contribution in [2.75, 3.05) is 0 Å². The first kappa shape index (κ1) is 24.6. The van der Waals surface area contributed by atoms with E-state index in [2.05, 4.69) is 148 Å². The summed E-state index contributed by atoms with van der Waals surface area (Å²) in [4.78, 5) is 9.70. The van der Waals surface area contributed by atoms with E-state index in [1.54, 1.807) is 0 Å². The molecular weight excluding hydrogens is 536 g/mol. The summed E-state index contributed by atoms with van der Waals surface area (Å²) < 4.78 is 4.67. The molecule has 0 unspecified atom stereocenters. The smallest absolute Gasteiger partial charge is 0.147 e. The molecule has 4 aromatic heterocycles. The number of para-hydroxylation sites is 2. The average Bonchev–Trinajstić information content (AvgIpc) is 3.62. The first-order valence-corrected chi connectivity index (χ1v) is 14.8. The Morgan fingerprint density at radius 1 is 0.432 bits per heavy atom. The van der Waals surface area contributed by atoms with E-state index in [-0.39, 0.29) is 0 Å². The number of hydrogen-bond acceptors (Lipinski definition) is 2. The lowest BCUT2D eigenvalue weighted by Crippen LogP contribution is -1.98. The van der Waals surface area contributed by atoms with Gasteiger partial charge in [0.15, 0.2) is 0 Å². The van der Waals surface area contributed by atoms with E-state index in [0.717, 1.165) is 44.3 Å². The van der Waals surface area contributed by atoms with Crippen molar-refractivity contribution in [3.63, 3.8) is 0 Å². The lowest BCUT2D eigenvalue weighted by atomic mass is 9.98. The fourth-order valence-electron chi connectivity index (χ4n) is 6.70. The molecule has 9 aromatic rings. The first-order chi connectivity index (χ1) is 21.8. The zero-order valence-corrected chi connectivity index (χ0v) is 23.8. The van der Waals surface area contributed by atoms with E-state index in [4.69, 9.17) is 4.98 Å². The van der Waals surface area contributed by atoms with Crippen molar-refractivity contribution < 1.29 is 0 Å². The van der Waals surface area contributed by atoms with Crippen LogP contribution in [0, 0.1) is 0 Å². The third-order valence-corrected chi connectivity index (χ3v) is 8.61. The van der Waals surface area contributed by atoms with Crippen LogP contribution in [0.15, 0.2) is 158 Å². The van der Waals surface area contributed by atoms with E-state index in [1.165, 1.54) is 33.0 Å². The van der Waals surface area contributed by atoms with Crippen LogP contribution in [0.25, 0.3) is 77.4 Å². The van der Waals surface area contributed by atoms with Gasteiger partial charge in [-0.25, -0.2) is 4.98 Å². The van der Waals surface area contributed by atoms with Gasteiger partial charge in [0.2, 0.25) is 0 Å². The van der Waals surface area contributed by atoms with Crippen molar-refractivity contribution in [3.8, 4) is 33.6 Å². The fraction of sp³-hybridized carbons (Fsp3) is 0. The second kappa shape index (κ2) is 9.79. The zero-order chi connectivity index (χ0) is 29.0. The number of hydrogen-bond donors (Lipinski definition) is 0. The molecule has 0 amide bonds. The van der Waals surface area contributed by atoms with Gasteiger partial charge in [-0.3, -0.25) is 9.55 Å². The Bertz CT molecular complexity index is 2420. The van der Waals surface area contributed by atoms with Crippen LogP contribution in [0.4, 0.5) is 0 Å². The van der Waals surface area contributed by atoms with Gasteiger partial charge in [-0.2, -0.15) is 0 Å². The van der Waals surface area contributed by atoms with Gasteiger partial charge in [-0.15, -0.1) is 0 Å². The highest BCUT2D eigenvalue weighted by Crippen LogP contribution is 2.41. The Balaban J connectivity index is 1.43. The maximum absolute atomic E-state index is 5.22. The van der Waals surface area contributed by atoms with Crippen LogP contribution in [0.3, 0.4) is 0 Å². The van der Waals surface area contributed by atoms with E-state index >= 15 is 0 Å². The third-order valence-electron chi connectivity index (χ3n) is 8.61. The molecule has 0 aliphatic rings. The molecule has 0 aliphatic heterocycles. The van der Waals surface area contributed by atoms with Crippen molar-refractivity contribution in [2.45, 2.75) is 0 Å². The minimum atomic E-state index is 0.927. The quantitative estimate of drug-likeness (QED) is 0.214. The van der Waals surface area contributed by atoms with E-state index in [0.29, 0.717) is 0 Å². The third kappa shape index (κ3) is 3.71. The predicted octanol–water partition coefficient (Wildman–Crippen LogP) is 10.0. The molecule has 4 nitrogen and oxygen atoms in total. The van der Waals surface area contributed by atoms with E-state index < -0.39 is 0 Å². The molecule has 0 aliphatic carbocycles. The zero-order valence-electron chi connectivity index (χ0n) is 23.8. The summed E-state index contributed by atoms with van der Waals surface area (Å²) in [6.07, 6.45) is 5.80.